The van der Waals surface area contributed by atoms with Gasteiger partial charge in [0.05, 0.1) is 12.2 Å². The summed E-state index contributed by atoms with van der Waals surface area (Å²) in [5.74, 6) is -1.08. The van der Waals surface area contributed by atoms with Gasteiger partial charge in [-0.15, -0.1) is 0 Å². The molecule has 2 aromatic rings. The van der Waals surface area contributed by atoms with E-state index in [1.807, 2.05) is 44.2 Å². The molecule has 7 nitrogen and oxygen atoms in total. The number of para-hydroxylation sites is 1. The summed E-state index contributed by atoms with van der Waals surface area (Å²) in [5.41, 5.74) is 1.53. The molecule has 0 aliphatic carbocycles. The average Bonchev–Trinajstić information content (AvgIpc) is 2.76. The highest BCUT2D eigenvalue weighted by molar-refractivity contribution is 5.98. The number of nitrogens with one attached hydrogen (secondary N) is 2. The summed E-state index contributed by atoms with van der Waals surface area (Å²) in [5, 5.41) is 5.27. The predicted octanol–water partition coefficient (Wildman–Crippen LogP) is 2.50. The Bertz CT molecular complexity index is 838. The molecule has 0 fully saturated rings. The standard InChI is InChI=1S/C23H28N2O5/c1-3-29-20-12-8-7-11-19(20)23(28)24-15-22(27)30-16-21(26)25-17(2)13-14-18-9-5-4-6-10-18/h4-12,17H,3,13-16H2,1-2H3,(H,24,28)(H,25,26)/t17-/m0/s1. The van der Waals surface area contributed by atoms with Crippen LogP contribution in [0.2, 0.25) is 0 Å². The average molecular weight is 412 g/mol. The summed E-state index contributed by atoms with van der Waals surface area (Å²) in [6.07, 6.45) is 1.62. The SMILES string of the molecule is CCOc1ccccc1C(=O)NCC(=O)OCC(=O)N[C@@H](C)CCc1ccccc1. The van der Waals surface area contributed by atoms with Crippen molar-refractivity contribution in [3.63, 3.8) is 0 Å². The Hall–Kier alpha value is -3.35. The van der Waals surface area contributed by atoms with Gasteiger partial charge in [-0.25, -0.2) is 0 Å². The molecule has 2 aromatic carbocycles. The molecule has 0 saturated heterocycles. The predicted molar refractivity (Wildman–Crippen MR) is 113 cm³/mol. The van der Waals surface area contributed by atoms with E-state index in [0.29, 0.717) is 17.9 Å². The Morgan fingerprint density at radius 3 is 2.43 bits per heavy atom. The van der Waals surface area contributed by atoms with E-state index < -0.39 is 11.9 Å². The molecule has 160 valence electrons. The number of hydrogen-bond donors (Lipinski definition) is 2. The third-order valence-corrected chi connectivity index (χ3v) is 4.31. The number of carbonyl (C=O) groups excluding carboxylic acids is 3. The molecule has 7 heteroatoms. The Labute approximate surface area is 176 Å². The number of rotatable bonds is 11. The van der Waals surface area contributed by atoms with Gasteiger partial charge in [-0.05, 0) is 44.4 Å². The molecule has 2 N–H and O–H groups in total. The van der Waals surface area contributed by atoms with E-state index in [9.17, 15) is 14.4 Å². The molecular weight excluding hydrogens is 384 g/mol. The molecule has 30 heavy (non-hydrogen) atoms. The fourth-order valence-electron chi connectivity index (χ4n) is 2.80. The van der Waals surface area contributed by atoms with Crippen molar-refractivity contribution in [1.29, 1.82) is 0 Å². The van der Waals surface area contributed by atoms with E-state index in [4.69, 9.17) is 9.47 Å². The second kappa shape index (κ2) is 12.3. The van der Waals surface area contributed by atoms with E-state index in [0.717, 1.165) is 12.8 Å². The van der Waals surface area contributed by atoms with E-state index in [1.54, 1.807) is 24.3 Å². The fourth-order valence-corrected chi connectivity index (χ4v) is 2.80. The lowest BCUT2D eigenvalue weighted by molar-refractivity contribution is -0.147. The minimum absolute atomic E-state index is 0.0498. The number of aryl methyl sites for hydroxylation is 1. The first-order chi connectivity index (χ1) is 14.5. The second-order valence-corrected chi connectivity index (χ2v) is 6.77. The lowest BCUT2D eigenvalue weighted by Crippen LogP contribution is -2.37. The van der Waals surface area contributed by atoms with Crippen molar-refractivity contribution in [3.8, 4) is 5.75 Å². The molecular formula is C23H28N2O5. The summed E-state index contributed by atoms with van der Waals surface area (Å²) in [4.78, 5) is 36.0. The molecule has 0 radical (unpaired) electrons. The van der Waals surface area contributed by atoms with Gasteiger partial charge in [0.15, 0.2) is 6.61 Å². The molecule has 0 saturated carbocycles. The van der Waals surface area contributed by atoms with Gasteiger partial charge in [-0.3, -0.25) is 14.4 Å². The quantitative estimate of drug-likeness (QED) is 0.553. The van der Waals surface area contributed by atoms with Crippen LogP contribution in [-0.4, -0.2) is 43.6 Å². The van der Waals surface area contributed by atoms with Gasteiger partial charge < -0.3 is 20.1 Å². The van der Waals surface area contributed by atoms with Crippen LogP contribution < -0.4 is 15.4 Å². The van der Waals surface area contributed by atoms with Crippen LogP contribution in [0.5, 0.6) is 5.75 Å². The number of carbonyl (C=O) groups is 3. The van der Waals surface area contributed by atoms with Crippen LogP contribution in [0.25, 0.3) is 0 Å². The van der Waals surface area contributed by atoms with Crippen LogP contribution in [0, 0.1) is 0 Å². The molecule has 1 atom stereocenters. The van der Waals surface area contributed by atoms with Gasteiger partial charge in [0.1, 0.15) is 12.3 Å². The van der Waals surface area contributed by atoms with Crippen LogP contribution in [0.15, 0.2) is 54.6 Å². The molecule has 0 spiro atoms. The van der Waals surface area contributed by atoms with Gasteiger partial charge in [0.25, 0.3) is 11.8 Å². The summed E-state index contributed by atoms with van der Waals surface area (Å²) in [6, 6.07) is 16.7. The third kappa shape index (κ3) is 7.95. The lowest BCUT2D eigenvalue weighted by atomic mass is 10.1. The molecule has 0 heterocycles. The second-order valence-electron chi connectivity index (χ2n) is 6.77. The normalized spacial score (nSPS) is 11.3. The Morgan fingerprint density at radius 2 is 1.70 bits per heavy atom. The van der Waals surface area contributed by atoms with Crippen LogP contribution in [0.1, 0.15) is 36.2 Å². The van der Waals surface area contributed by atoms with Crippen molar-refractivity contribution < 1.29 is 23.9 Å². The zero-order chi connectivity index (χ0) is 21.8. The maximum atomic E-state index is 12.2. The fraction of sp³-hybridized carbons (Fsp3) is 0.348. The topological polar surface area (TPSA) is 93.7 Å². The van der Waals surface area contributed by atoms with E-state index in [-0.39, 0.29) is 25.1 Å². The maximum Gasteiger partial charge on any atom is 0.325 e. The molecule has 2 amide bonds. The summed E-state index contributed by atoms with van der Waals surface area (Å²) in [7, 11) is 0. The van der Waals surface area contributed by atoms with Crippen molar-refractivity contribution in [2.24, 2.45) is 0 Å². The third-order valence-electron chi connectivity index (χ3n) is 4.31. The number of hydrogen-bond acceptors (Lipinski definition) is 5. The summed E-state index contributed by atoms with van der Waals surface area (Å²) >= 11 is 0. The number of amides is 2. The van der Waals surface area contributed by atoms with Crippen LogP contribution >= 0.6 is 0 Å². The highest BCUT2D eigenvalue weighted by Crippen LogP contribution is 2.17. The first-order valence-electron chi connectivity index (χ1n) is 9.98. The van der Waals surface area contributed by atoms with Gasteiger partial charge in [0, 0.05) is 6.04 Å². The van der Waals surface area contributed by atoms with Crippen LogP contribution in [-0.2, 0) is 20.7 Å². The molecule has 0 aliphatic rings. The van der Waals surface area contributed by atoms with Gasteiger partial charge in [-0.2, -0.15) is 0 Å². The van der Waals surface area contributed by atoms with Gasteiger partial charge >= 0.3 is 5.97 Å². The smallest absolute Gasteiger partial charge is 0.325 e. The van der Waals surface area contributed by atoms with Crippen molar-refractivity contribution in [3.05, 3.63) is 65.7 Å². The van der Waals surface area contributed by atoms with Crippen molar-refractivity contribution >= 4 is 17.8 Å². The summed E-state index contributed by atoms with van der Waals surface area (Å²) < 4.78 is 10.3. The maximum absolute atomic E-state index is 12.2. The molecule has 0 aliphatic heterocycles. The van der Waals surface area contributed by atoms with Crippen LogP contribution in [0.3, 0.4) is 0 Å². The molecule has 0 unspecified atom stereocenters. The van der Waals surface area contributed by atoms with Gasteiger partial charge in [-0.1, -0.05) is 42.5 Å². The van der Waals surface area contributed by atoms with Gasteiger partial charge in [0.2, 0.25) is 0 Å². The zero-order valence-corrected chi connectivity index (χ0v) is 17.4. The molecule has 0 aromatic heterocycles. The number of esters is 1. The Morgan fingerprint density at radius 1 is 1.00 bits per heavy atom. The molecule has 0 bridgehead atoms. The Balaban J connectivity index is 1.67. The zero-order valence-electron chi connectivity index (χ0n) is 17.4. The van der Waals surface area contributed by atoms with E-state index in [2.05, 4.69) is 10.6 Å². The monoisotopic (exact) mass is 412 g/mol. The van der Waals surface area contributed by atoms with E-state index in [1.165, 1.54) is 5.56 Å². The minimum atomic E-state index is -0.690. The highest BCUT2D eigenvalue weighted by atomic mass is 16.5. The lowest BCUT2D eigenvalue weighted by Gasteiger charge is -2.14. The van der Waals surface area contributed by atoms with Crippen molar-refractivity contribution in [2.75, 3.05) is 19.8 Å². The molecule has 2 rings (SSSR count). The highest BCUT2D eigenvalue weighted by Gasteiger charge is 2.15. The minimum Gasteiger partial charge on any atom is -0.493 e. The number of benzene rings is 2. The first-order valence-corrected chi connectivity index (χ1v) is 9.98. The van der Waals surface area contributed by atoms with Crippen molar-refractivity contribution in [2.45, 2.75) is 32.7 Å². The summed E-state index contributed by atoms with van der Waals surface area (Å²) in [6.45, 7) is 3.42. The van der Waals surface area contributed by atoms with E-state index >= 15 is 0 Å². The van der Waals surface area contributed by atoms with Crippen LogP contribution in [0.4, 0.5) is 0 Å². The first kappa shape index (κ1) is 22.9. The largest absolute Gasteiger partial charge is 0.493 e. The number of ether oxygens (including phenoxy) is 2. The Kier molecular flexibility index (Phi) is 9.37. The van der Waals surface area contributed by atoms with Crippen molar-refractivity contribution in [1.82, 2.24) is 10.6 Å².